The summed E-state index contributed by atoms with van der Waals surface area (Å²) in [5.41, 5.74) is 1.92. The SMILES string of the molecule is C[C@H]1CN(C(=O)CCC(=O)NCc2ccc(Cl)cc2)c2ccccc2S1. The van der Waals surface area contributed by atoms with Gasteiger partial charge in [0.15, 0.2) is 0 Å². The van der Waals surface area contributed by atoms with Gasteiger partial charge in [0.05, 0.1) is 5.69 Å². The average molecular weight is 389 g/mol. The average Bonchev–Trinajstić information content (AvgIpc) is 2.65. The summed E-state index contributed by atoms with van der Waals surface area (Å²) in [6.07, 6.45) is 0.394. The summed E-state index contributed by atoms with van der Waals surface area (Å²) in [6.45, 7) is 3.22. The molecule has 0 bridgehead atoms. The summed E-state index contributed by atoms with van der Waals surface area (Å²) >= 11 is 7.63. The monoisotopic (exact) mass is 388 g/mol. The van der Waals surface area contributed by atoms with Crippen molar-refractivity contribution in [2.24, 2.45) is 0 Å². The Hall–Kier alpha value is -1.98. The molecular formula is C20H21ClN2O2S. The molecule has 3 rings (SSSR count). The maximum atomic E-state index is 12.6. The molecule has 2 aromatic rings. The first-order valence-corrected chi connectivity index (χ1v) is 9.86. The van der Waals surface area contributed by atoms with Crippen LogP contribution >= 0.6 is 23.4 Å². The summed E-state index contributed by atoms with van der Waals surface area (Å²) in [5.74, 6) is -0.132. The van der Waals surface area contributed by atoms with Gasteiger partial charge in [-0.1, -0.05) is 42.8 Å². The van der Waals surface area contributed by atoms with E-state index in [1.54, 1.807) is 23.9 Å². The topological polar surface area (TPSA) is 49.4 Å². The lowest BCUT2D eigenvalue weighted by Gasteiger charge is -2.32. The van der Waals surface area contributed by atoms with Gasteiger partial charge in [-0.25, -0.2) is 0 Å². The quantitative estimate of drug-likeness (QED) is 0.832. The zero-order valence-electron chi connectivity index (χ0n) is 14.6. The Morgan fingerprint density at radius 1 is 1.15 bits per heavy atom. The highest BCUT2D eigenvalue weighted by atomic mass is 35.5. The molecule has 0 spiro atoms. The molecule has 1 heterocycles. The summed E-state index contributed by atoms with van der Waals surface area (Å²) < 4.78 is 0. The van der Waals surface area contributed by atoms with Crippen molar-refractivity contribution in [1.29, 1.82) is 0 Å². The molecule has 1 atom stereocenters. The number of amides is 2. The summed E-state index contributed by atoms with van der Waals surface area (Å²) in [7, 11) is 0. The standard InChI is InChI=1S/C20H21ClN2O2S/c1-14-13-23(17-4-2-3-5-18(17)26-14)20(25)11-10-19(24)22-12-15-6-8-16(21)9-7-15/h2-9,14H,10-13H2,1H3,(H,22,24)/t14-/m0/s1. The Bertz CT molecular complexity index is 795. The van der Waals surface area contributed by atoms with Crippen molar-refractivity contribution in [2.45, 2.75) is 36.5 Å². The first-order valence-electron chi connectivity index (χ1n) is 8.60. The number of benzene rings is 2. The molecule has 6 heteroatoms. The third kappa shape index (κ3) is 4.80. The summed E-state index contributed by atoms with van der Waals surface area (Å²) in [6, 6.07) is 15.3. The van der Waals surface area contributed by atoms with E-state index in [1.807, 2.05) is 41.3 Å². The number of carbonyl (C=O) groups is 2. The van der Waals surface area contributed by atoms with Crippen LogP contribution in [0.3, 0.4) is 0 Å². The normalized spacial score (nSPS) is 16.1. The maximum Gasteiger partial charge on any atom is 0.227 e. The molecule has 0 aliphatic carbocycles. The predicted octanol–water partition coefficient (Wildman–Crippen LogP) is 4.26. The van der Waals surface area contributed by atoms with Gasteiger partial charge in [0, 0.05) is 41.1 Å². The highest BCUT2D eigenvalue weighted by Gasteiger charge is 2.26. The Morgan fingerprint density at radius 2 is 1.88 bits per heavy atom. The molecule has 136 valence electrons. The highest BCUT2D eigenvalue weighted by Crippen LogP contribution is 2.38. The van der Waals surface area contributed by atoms with E-state index >= 15 is 0 Å². The fourth-order valence-electron chi connectivity index (χ4n) is 2.87. The molecule has 1 N–H and O–H groups in total. The number of fused-ring (bicyclic) bond motifs is 1. The molecule has 26 heavy (non-hydrogen) atoms. The molecule has 2 aromatic carbocycles. The zero-order valence-corrected chi connectivity index (χ0v) is 16.1. The third-order valence-corrected chi connectivity index (χ3v) is 5.60. The van der Waals surface area contributed by atoms with Crippen LogP contribution in [-0.2, 0) is 16.1 Å². The lowest BCUT2D eigenvalue weighted by atomic mass is 10.2. The maximum absolute atomic E-state index is 12.6. The number of nitrogens with zero attached hydrogens (tertiary/aromatic N) is 1. The van der Waals surface area contributed by atoms with Crippen molar-refractivity contribution in [2.75, 3.05) is 11.4 Å². The second-order valence-electron chi connectivity index (χ2n) is 6.30. The van der Waals surface area contributed by atoms with Crippen LogP contribution in [0.2, 0.25) is 5.02 Å². The first kappa shape index (κ1) is 18.8. The molecule has 1 aliphatic rings. The number of thioether (sulfide) groups is 1. The van der Waals surface area contributed by atoms with Gasteiger partial charge in [-0.15, -0.1) is 11.8 Å². The van der Waals surface area contributed by atoms with Crippen LogP contribution < -0.4 is 10.2 Å². The van der Waals surface area contributed by atoms with Crippen LogP contribution in [0.25, 0.3) is 0 Å². The molecule has 0 unspecified atom stereocenters. The van der Waals surface area contributed by atoms with E-state index in [4.69, 9.17) is 11.6 Å². The molecular weight excluding hydrogens is 368 g/mol. The van der Waals surface area contributed by atoms with Crippen molar-refractivity contribution >= 4 is 40.9 Å². The largest absolute Gasteiger partial charge is 0.352 e. The number of para-hydroxylation sites is 1. The van der Waals surface area contributed by atoms with Crippen molar-refractivity contribution < 1.29 is 9.59 Å². The van der Waals surface area contributed by atoms with E-state index in [0.717, 1.165) is 16.1 Å². The van der Waals surface area contributed by atoms with Gasteiger partial charge in [-0.2, -0.15) is 0 Å². The van der Waals surface area contributed by atoms with E-state index in [-0.39, 0.29) is 24.7 Å². The fourth-order valence-corrected chi connectivity index (χ4v) is 4.11. The van der Waals surface area contributed by atoms with Gasteiger partial charge in [0.2, 0.25) is 11.8 Å². The predicted molar refractivity (Wildman–Crippen MR) is 107 cm³/mol. The van der Waals surface area contributed by atoms with Gasteiger partial charge >= 0.3 is 0 Å². The van der Waals surface area contributed by atoms with E-state index in [1.165, 1.54) is 0 Å². The number of nitrogens with one attached hydrogen (secondary N) is 1. The van der Waals surface area contributed by atoms with Gasteiger partial charge in [-0.05, 0) is 29.8 Å². The molecule has 0 saturated carbocycles. The molecule has 2 amide bonds. The molecule has 1 aliphatic heterocycles. The number of hydrogen-bond donors (Lipinski definition) is 1. The van der Waals surface area contributed by atoms with E-state index in [9.17, 15) is 9.59 Å². The van der Waals surface area contributed by atoms with Crippen molar-refractivity contribution in [3.05, 3.63) is 59.1 Å². The minimum absolute atomic E-state index is 0.00811. The highest BCUT2D eigenvalue weighted by molar-refractivity contribution is 8.00. The molecule has 0 fully saturated rings. The third-order valence-electron chi connectivity index (χ3n) is 4.19. The van der Waals surface area contributed by atoms with Crippen molar-refractivity contribution in [1.82, 2.24) is 5.32 Å². The Kier molecular flexibility index (Phi) is 6.22. The molecule has 4 nitrogen and oxygen atoms in total. The first-order chi connectivity index (χ1) is 12.5. The Labute approximate surface area is 162 Å². The van der Waals surface area contributed by atoms with Crippen LogP contribution in [0.15, 0.2) is 53.4 Å². The van der Waals surface area contributed by atoms with E-state index in [0.29, 0.717) is 23.4 Å². The second kappa shape index (κ2) is 8.60. The smallest absolute Gasteiger partial charge is 0.227 e. The van der Waals surface area contributed by atoms with Crippen LogP contribution in [0.4, 0.5) is 5.69 Å². The minimum Gasteiger partial charge on any atom is -0.352 e. The zero-order chi connectivity index (χ0) is 18.5. The van der Waals surface area contributed by atoms with Gasteiger partial charge in [0.1, 0.15) is 0 Å². The lowest BCUT2D eigenvalue weighted by molar-refractivity contribution is -0.125. The lowest BCUT2D eigenvalue weighted by Crippen LogP contribution is -2.39. The van der Waals surface area contributed by atoms with Crippen LogP contribution in [0.5, 0.6) is 0 Å². The van der Waals surface area contributed by atoms with Crippen LogP contribution in [0, 0.1) is 0 Å². The van der Waals surface area contributed by atoms with Gasteiger partial charge in [0.25, 0.3) is 0 Å². The number of hydrogen-bond acceptors (Lipinski definition) is 3. The van der Waals surface area contributed by atoms with Crippen LogP contribution in [0.1, 0.15) is 25.3 Å². The van der Waals surface area contributed by atoms with Gasteiger partial charge in [-0.3, -0.25) is 9.59 Å². The fraction of sp³-hybridized carbons (Fsp3) is 0.300. The number of anilines is 1. The van der Waals surface area contributed by atoms with Gasteiger partial charge < -0.3 is 10.2 Å². The number of carbonyl (C=O) groups excluding carboxylic acids is 2. The summed E-state index contributed by atoms with van der Waals surface area (Å²) in [4.78, 5) is 27.6. The van der Waals surface area contributed by atoms with E-state index in [2.05, 4.69) is 12.2 Å². The minimum atomic E-state index is -0.124. The number of rotatable bonds is 5. The summed E-state index contributed by atoms with van der Waals surface area (Å²) in [5, 5.41) is 3.85. The van der Waals surface area contributed by atoms with E-state index < -0.39 is 0 Å². The molecule has 0 aromatic heterocycles. The van der Waals surface area contributed by atoms with Crippen molar-refractivity contribution in [3.63, 3.8) is 0 Å². The molecule has 0 radical (unpaired) electrons. The van der Waals surface area contributed by atoms with Crippen molar-refractivity contribution in [3.8, 4) is 0 Å². The molecule has 0 saturated heterocycles. The Balaban J connectivity index is 1.52. The number of halogens is 1. The Morgan fingerprint density at radius 3 is 2.65 bits per heavy atom. The second-order valence-corrected chi connectivity index (χ2v) is 8.22. The van der Waals surface area contributed by atoms with Crippen LogP contribution in [-0.4, -0.2) is 23.6 Å².